The molecule has 18 heavy (non-hydrogen) atoms. The number of hydrogen-bond acceptors (Lipinski definition) is 2. The second-order valence-electron chi connectivity index (χ2n) is 6.52. The van der Waals surface area contributed by atoms with E-state index < -0.39 is 0 Å². The molecule has 0 aromatic heterocycles. The second kappa shape index (κ2) is 6.91. The van der Waals surface area contributed by atoms with Gasteiger partial charge in [0.15, 0.2) is 0 Å². The van der Waals surface area contributed by atoms with Gasteiger partial charge in [0.05, 0.1) is 0 Å². The molecule has 0 aromatic rings. The minimum Gasteiger partial charge on any atom is -0.329 e. The topological polar surface area (TPSA) is 29.3 Å². The fourth-order valence-electron chi connectivity index (χ4n) is 3.73. The standard InChI is InChI=1S/C16H34N2/c1-6-13(3)11-18(7-2)16(12-17)10-8-9-14(4)15(16)5/h13-15H,6-12,17H2,1-5H3. The molecule has 1 aliphatic carbocycles. The highest BCUT2D eigenvalue weighted by Crippen LogP contribution is 2.41. The lowest BCUT2D eigenvalue weighted by atomic mass is 9.67. The maximum atomic E-state index is 6.24. The highest BCUT2D eigenvalue weighted by atomic mass is 15.2. The molecule has 1 aliphatic rings. The van der Waals surface area contributed by atoms with Crippen LogP contribution < -0.4 is 5.73 Å². The summed E-state index contributed by atoms with van der Waals surface area (Å²) in [6.07, 6.45) is 5.28. The van der Waals surface area contributed by atoms with Crippen molar-refractivity contribution in [2.75, 3.05) is 19.6 Å². The molecule has 2 nitrogen and oxygen atoms in total. The molecule has 0 aliphatic heterocycles. The first kappa shape index (κ1) is 16.0. The zero-order chi connectivity index (χ0) is 13.8. The van der Waals surface area contributed by atoms with Crippen molar-refractivity contribution in [2.45, 2.75) is 65.8 Å². The molecule has 0 aromatic carbocycles. The summed E-state index contributed by atoms with van der Waals surface area (Å²) >= 11 is 0. The summed E-state index contributed by atoms with van der Waals surface area (Å²) in [4.78, 5) is 2.70. The van der Waals surface area contributed by atoms with E-state index in [1.54, 1.807) is 0 Å². The van der Waals surface area contributed by atoms with Gasteiger partial charge < -0.3 is 5.73 Å². The average molecular weight is 254 g/mol. The van der Waals surface area contributed by atoms with Crippen LogP contribution in [0.5, 0.6) is 0 Å². The molecule has 0 radical (unpaired) electrons. The van der Waals surface area contributed by atoms with Gasteiger partial charge in [0.2, 0.25) is 0 Å². The summed E-state index contributed by atoms with van der Waals surface area (Å²) in [5.74, 6) is 2.31. The van der Waals surface area contributed by atoms with Crippen LogP contribution in [-0.2, 0) is 0 Å². The van der Waals surface area contributed by atoms with Gasteiger partial charge in [0.25, 0.3) is 0 Å². The van der Waals surface area contributed by atoms with E-state index in [0.717, 1.165) is 30.8 Å². The van der Waals surface area contributed by atoms with Crippen molar-refractivity contribution in [1.29, 1.82) is 0 Å². The molecule has 0 amide bonds. The maximum absolute atomic E-state index is 6.24. The van der Waals surface area contributed by atoms with Crippen molar-refractivity contribution in [1.82, 2.24) is 4.90 Å². The number of likely N-dealkylation sites (N-methyl/N-ethyl adjacent to an activating group) is 1. The molecule has 0 saturated heterocycles. The Kier molecular flexibility index (Phi) is 6.13. The number of rotatable bonds is 6. The van der Waals surface area contributed by atoms with Crippen LogP contribution in [0, 0.1) is 17.8 Å². The third-order valence-corrected chi connectivity index (χ3v) is 5.56. The Morgan fingerprint density at radius 3 is 2.50 bits per heavy atom. The smallest absolute Gasteiger partial charge is 0.0359 e. The molecule has 1 fully saturated rings. The maximum Gasteiger partial charge on any atom is 0.0359 e. The van der Waals surface area contributed by atoms with Gasteiger partial charge in [-0.1, -0.05) is 53.9 Å². The van der Waals surface area contributed by atoms with Crippen molar-refractivity contribution in [2.24, 2.45) is 23.5 Å². The quantitative estimate of drug-likeness (QED) is 0.786. The number of hydrogen-bond donors (Lipinski definition) is 1. The van der Waals surface area contributed by atoms with Crippen LogP contribution in [0.15, 0.2) is 0 Å². The summed E-state index contributed by atoms with van der Waals surface area (Å²) in [6.45, 7) is 15.0. The summed E-state index contributed by atoms with van der Waals surface area (Å²) in [5, 5.41) is 0. The summed E-state index contributed by atoms with van der Waals surface area (Å²) in [7, 11) is 0. The van der Waals surface area contributed by atoms with E-state index in [9.17, 15) is 0 Å². The Balaban J connectivity index is 2.88. The van der Waals surface area contributed by atoms with Gasteiger partial charge in [-0.15, -0.1) is 0 Å². The summed E-state index contributed by atoms with van der Waals surface area (Å²) < 4.78 is 0. The highest BCUT2D eigenvalue weighted by molar-refractivity contribution is 5.00. The van der Waals surface area contributed by atoms with E-state index in [4.69, 9.17) is 5.73 Å². The van der Waals surface area contributed by atoms with Crippen molar-refractivity contribution in [3.63, 3.8) is 0 Å². The Labute approximate surface area is 114 Å². The third kappa shape index (κ3) is 3.08. The van der Waals surface area contributed by atoms with Crippen LogP contribution in [0.1, 0.15) is 60.3 Å². The Bertz CT molecular complexity index is 241. The molecule has 4 unspecified atom stereocenters. The van der Waals surface area contributed by atoms with E-state index in [1.807, 2.05) is 0 Å². The lowest BCUT2D eigenvalue weighted by molar-refractivity contribution is -0.0157. The van der Waals surface area contributed by atoms with Crippen molar-refractivity contribution < 1.29 is 0 Å². The molecule has 2 heteroatoms. The van der Waals surface area contributed by atoms with Crippen LogP contribution >= 0.6 is 0 Å². The first-order valence-corrected chi connectivity index (χ1v) is 7.96. The predicted molar refractivity (Wildman–Crippen MR) is 80.7 cm³/mol. The van der Waals surface area contributed by atoms with Crippen LogP contribution in [-0.4, -0.2) is 30.1 Å². The number of nitrogens with two attached hydrogens (primary N) is 1. The van der Waals surface area contributed by atoms with Crippen LogP contribution in [0.25, 0.3) is 0 Å². The first-order chi connectivity index (χ1) is 8.51. The summed E-state index contributed by atoms with van der Waals surface area (Å²) in [6, 6.07) is 0. The minimum absolute atomic E-state index is 0.260. The molecular weight excluding hydrogens is 220 g/mol. The molecule has 0 heterocycles. The van der Waals surface area contributed by atoms with Gasteiger partial charge in [0.1, 0.15) is 0 Å². The van der Waals surface area contributed by atoms with E-state index in [0.29, 0.717) is 0 Å². The molecule has 0 spiro atoms. The Morgan fingerprint density at radius 1 is 1.33 bits per heavy atom. The van der Waals surface area contributed by atoms with Crippen molar-refractivity contribution >= 4 is 0 Å². The van der Waals surface area contributed by atoms with E-state index >= 15 is 0 Å². The van der Waals surface area contributed by atoms with Gasteiger partial charge in [0, 0.05) is 18.6 Å². The van der Waals surface area contributed by atoms with Gasteiger partial charge in [-0.3, -0.25) is 4.90 Å². The third-order valence-electron chi connectivity index (χ3n) is 5.56. The fraction of sp³-hybridized carbons (Fsp3) is 1.00. The van der Waals surface area contributed by atoms with Crippen LogP contribution in [0.4, 0.5) is 0 Å². The molecule has 0 bridgehead atoms. The minimum atomic E-state index is 0.260. The lowest BCUT2D eigenvalue weighted by Crippen LogP contribution is -2.61. The van der Waals surface area contributed by atoms with E-state index in [-0.39, 0.29) is 5.54 Å². The van der Waals surface area contributed by atoms with Crippen LogP contribution in [0.2, 0.25) is 0 Å². The normalized spacial score (nSPS) is 34.8. The molecule has 1 saturated carbocycles. The van der Waals surface area contributed by atoms with E-state index in [2.05, 4.69) is 39.5 Å². The lowest BCUT2D eigenvalue weighted by Gasteiger charge is -2.53. The average Bonchev–Trinajstić information content (AvgIpc) is 2.39. The Morgan fingerprint density at radius 2 is 2.00 bits per heavy atom. The monoisotopic (exact) mass is 254 g/mol. The van der Waals surface area contributed by atoms with Gasteiger partial charge >= 0.3 is 0 Å². The SMILES string of the molecule is CCC(C)CN(CC)C1(CN)CCCC(C)C1C. The predicted octanol–water partition coefficient (Wildman–Crippen LogP) is 3.51. The first-order valence-electron chi connectivity index (χ1n) is 7.96. The molecule has 108 valence electrons. The zero-order valence-electron chi connectivity index (χ0n) is 13.2. The van der Waals surface area contributed by atoms with Gasteiger partial charge in [-0.25, -0.2) is 0 Å². The van der Waals surface area contributed by atoms with E-state index in [1.165, 1.54) is 32.2 Å². The number of nitrogens with zero attached hydrogens (tertiary/aromatic N) is 1. The van der Waals surface area contributed by atoms with Crippen molar-refractivity contribution in [3.8, 4) is 0 Å². The largest absolute Gasteiger partial charge is 0.329 e. The fourth-order valence-corrected chi connectivity index (χ4v) is 3.73. The molecule has 1 rings (SSSR count). The van der Waals surface area contributed by atoms with Crippen LogP contribution in [0.3, 0.4) is 0 Å². The Hall–Kier alpha value is -0.0800. The summed E-state index contributed by atoms with van der Waals surface area (Å²) in [5.41, 5.74) is 6.50. The van der Waals surface area contributed by atoms with Gasteiger partial charge in [-0.2, -0.15) is 0 Å². The zero-order valence-corrected chi connectivity index (χ0v) is 13.2. The van der Waals surface area contributed by atoms with Gasteiger partial charge in [-0.05, 0) is 30.7 Å². The molecule has 2 N–H and O–H groups in total. The van der Waals surface area contributed by atoms with Crippen molar-refractivity contribution in [3.05, 3.63) is 0 Å². The second-order valence-corrected chi connectivity index (χ2v) is 6.52. The molecule has 4 atom stereocenters. The molecular formula is C16H34N2. The highest BCUT2D eigenvalue weighted by Gasteiger charge is 2.44.